The average Bonchev–Trinajstić information content (AvgIpc) is 2.52. The van der Waals surface area contributed by atoms with E-state index in [4.69, 9.17) is 4.74 Å². The van der Waals surface area contributed by atoms with E-state index in [0.29, 0.717) is 0 Å². The minimum Gasteiger partial charge on any atom is -0.375 e. The van der Waals surface area contributed by atoms with Gasteiger partial charge in [-0.15, -0.1) is 0 Å². The van der Waals surface area contributed by atoms with E-state index in [2.05, 4.69) is 28.2 Å². The molecule has 126 valence electrons. The standard InChI is InChI=1S/C18H27N3O2/c1-14-4-3-8-19-17(14)13-21-9-6-18(7-10-21)12-16(5-11-23-18)20-15(2)22/h3-4,8,16H,5-7,9-13H2,1-2H3,(H,20,22). The number of aromatic nitrogens is 1. The Morgan fingerprint density at radius 2 is 2.26 bits per heavy atom. The summed E-state index contributed by atoms with van der Waals surface area (Å²) in [5, 5.41) is 3.07. The van der Waals surface area contributed by atoms with Crippen LogP contribution in [0.2, 0.25) is 0 Å². The number of carbonyl (C=O) groups is 1. The van der Waals surface area contributed by atoms with Crippen molar-refractivity contribution in [1.82, 2.24) is 15.2 Å². The Labute approximate surface area is 138 Å². The normalized spacial score (nSPS) is 24.5. The summed E-state index contributed by atoms with van der Waals surface area (Å²) in [6, 6.07) is 4.38. The summed E-state index contributed by atoms with van der Waals surface area (Å²) in [5.41, 5.74) is 2.39. The molecular weight excluding hydrogens is 290 g/mol. The molecule has 23 heavy (non-hydrogen) atoms. The third kappa shape index (κ3) is 4.09. The van der Waals surface area contributed by atoms with Gasteiger partial charge in [0.1, 0.15) is 0 Å². The Hall–Kier alpha value is -1.46. The van der Waals surface area contributed by atoms with Crippen LogP contribution < -0.4 is 5.32 Å². The number of hydrogen-bond donors (Lipinski definition) is 1. The zero-order valence-electron chi connectivity index (χ0n) is 14.2. The number of hydrogen-bond acceptors (Lipinski definition) is 4. The van der Waals surface area contributed by atoms with Crippen molar-refractivity contribution in [3.05, 3.63) is 29.6 Å². The number of rotatable bonds is 3. The minimum absolute atomic E-state index is 0.0406. The van der Waals surface area contributed by atoms with E-state index in [1.807, 2.05) is 12.3 Å². The van der Waals surface area contributed by atoms with Crippen LogP contribution in [0.1, 0.15) is 43.9 Å². The second-order valence-electron chi connectivity index (χ2n) is 6.96. The van der Waals surface area contributed by atoms with E-state index in [1.165, 1.54) is 11.3 Å². The van der Waals surface area contributed by atoms with Crippen molar-refractivity contribution in [3.8, 4) is 0 Å². The second-order valence-corrected chi connectivity index (χ2v) is 6.96. The van der Waals surface area contributed by atoms with Crippen LogP contribution in [0.25, 0.3) is 0 Å². The molecule has 3 heterocycles. The molecule has 1 aromatic rings. The van der Waals surface area contributed by atoms with Crippen LogP contribution >= 0.6 is 0 Å². The van der Waals surface area contributed by atoms with Crippen molar-refractivity contribution in [2.45, 2.75) is 57.7 Å². The molecule has 0 bridgehead atoms. The van der Waals surface area contributed by atoms with E-state index in [1.54, 1.807) is 6.92 Å². The van der Waals surface area contributed by atoms with Crippen LogP contribution in [0.5, 0.6) is 0 Å². The van der Waals surface area contributed by atoms with Crippen molar-refractivity contribution < 1.29 is 9.53 Å². The van der Waals surface area contributed by atoms with Crippen LogP contribution in [0, 0.1) is 6.92 Å². The number of carbonyl (C=O) groups excluding carboxylic acids is 1. The van der Waals surface area contributed by atoms with Crippen LogP contribution in [-0.2, 0) is 16.1 Å². The van der Waals surface area contributed by atoms with Gasteiger partial charge >= 0.3 is 0 Å². The topological polar surface area (TPSA) is 54.5 Å². The Kier molecular flexibility index (Phi) is 4.97. The van der Waals surface area contributed by atoms with Gasteiger partial charge in [0.05, 0.1) is 11.3 Å². The van der Waals surface area contributed by atoms with Crippen LogP contribution in [0.15, 0.2) is 18.3 Å². The predicted octanol–water partition coefficient (Wildman–Crippen LogP) is 2.04. The van der Waals surface area contributed by atoms with Gasteiger partial charge in [-0.25, -0.2) is 0 Å². The fourth-order valence-corrected chi connectivity index (χ4v) is 3.80. The SMILES string of the molecule is CC(=O)NC1CCOC2(CCN(Cc3ncccc3C)CC2)C1. The fourth-order valence-electron chi connectivity index (χ4n) is 3.80. The molecule has 3 rings (SSSR count). The second kappa shape index (κ2) is 6.97. The zero-order chi connectivity index (χ0) is 16.3. The maximum Gasteiger partial charge on any atom is 0.217 e. The number of nitrogens with zero attached hydrogens (tertiary/aromatic N) is 2. The molecule has 0 aromatic carbocycles. The summed E-state index contributed by atoms with van der Waals surface area (Å²) in [7, 11) is 0. The first-order valence-corrected chi connectivity index (χ1v) is 8.60. The number of ether oxygens (including phenoxy) is 1. The molecule has 5 heteroatoms. The first-order valence-electron chi connectivity index (χ1n) is 8.60. The summed E-state index contributed by atoms with van der Waals surface area (Å²) in [4.78, 5) is 18.3. The van der Waals surface area contributed by atoms with Crippen LogP contribution in [-0.4, -0.2) is 47.1 Å². The van der Waals surface area contributed by atoms with Gasteiger partial charge < -0.3 is 10.1 Å². The van der Waals surface area contributed by atoms with Crippen molar-refractivity contribution in [2.24, 2.45) is 0 Å². The molecule has 0 aliphatic carbocycles. The molecule has 1 atom stereocenters. The van der Waals surface area contributed by atoms with Gasteiger partial charge in [0.15, 0.2) is 0 Å². The summed E-state index contributed by atoms with van der Waals surface area (Å²) >= 11 is 0. The first kappa shape index (κ1) is 16.4. The molecule has 2 saturated heterocycles. The monoisotopic (exact) mass is 317 g/mol. The summed E-state index contributed by atoms with van der Waals surface area (Å²) < 4.78 is 6.15. The number of piperidine rings is 1. The highest BCUT2D eigenvalue weighted by atomic mass is 16.5. The van der Waals surface area contributed by atoms with Gasteiger partial charge in [-0.05, 0) is 44.2 Å². The van der Waals surface area contributed by atoms with E-state index in [-0.39, 0.29) is 17.6 Å². The van der Waals surface area contributed by atoms with Gasteiger partial charge in [0.25, 0.3) is 0 Å². The van der Waals surface area contributed by atoms with E-state index < -0.39 is 0 Å². The van der Waals surface area contributed by atoms with E-state index in [9.17, 15) is 4.79 Å². The van der Waals surface area contributed by atoms with Gasteiger partial charge in [-0.1, -0.05) is 6.07 Å². The first-order chi connectivity index (χ1) is 11.1. The zero-order valence-corrected chi connectivity index (χ0v) is 14.2. The molecule has 0 radical (unpaired) electrons. The third-order valence-electron chi connectivity index (χ3n) is 5.16. The van der Waals surface area contributed by atoms with E-state index >= 15 is 0 Å². The summed E-state index contributed by atoms with van der Waals surface area (Å²) in [5.74, 6) is 0.0649. The molecular formula is C18H27N3O2. The van der Waals surface area contributed by atoms with Gasteiger partial charge in [0.2, 0.25) is 5.91 Å². The lowest BCUT2D eigenvalue weighted by Crippen LogP contribution is -2.53. The smallest absolute Gasteiger partial charge is 0.217 e. The number of aryl methyl sites for hydroxylation is 1. The summed E-state index contributed by atoms with van der Waals surface area (Å²) in [6.07, 6.45) is 5.82. The number of pyridine rings is 1. The Bertz CT molecular complexity index is 553. The van der Waals surface area contributed by atoms with Crippen molar-refractivity contribution in [3.63, 3.8) is 0 Å². The largest absolute Gasteiger partial charge is 0.375 e. The number of likely N-dealkylation sites (tertiary alicyclic amines) is 1. The Morgan fingerprint density at radius 3 is 2.96 bits per heavy atom. The quantitative estimate of drug-likeness (QED) is 0.927. The molecule has 2 fully saturated rings. The molecule has 1 aromatic heterocycles. The lowest BCUT2D eigenvalue weighted by molar-refractivity contribution is -0.130. The average molecular weight is 317 g/mol. The molecule has 1 unspecified atom stereocenters. The fraction of sp³-hybridized carbons (Fsp3) is 0.667. The van der Waals surface area contributed by atoms with Gasteiger partial charge in [-0.3, -0.25) is 14.7 Å². The minimum atomic E-state index is -0.0406. The lowest BCUT2D eigenvalue weighted by atomic mass is 9.82. The Balaban J connectivity index is 1.55. The van der Waals surface area contributed by atoms with Crippen LogP contribution in [0.3, 0.4) is 0 Å². The highest BCUT2D eigenvalue weighted by Crippen LogP contribution is 2.35. The van der Waals surface area contributed by atoms with E-state index in [0.717, 1.165) is 51.9 Å². The molecule has 2 aliphatic rings. The lowest BCUT2D eigenvalue weighted by Gasteiger charge is -2.46. The molecule has 1 amide bonds. The molecule has 5 nitrogen and oxygen atoms in total. The third-order valence-corrected chi connectivity index (χ3v) is 5.16. The number of nitrogens with one attached hydrogen (secondary N) is 1. The highest BCUT2D eigenvalue weighted by Gasteiger charge is 2.40. The van der Waals surface area contributed by atoms with Crippen molar-refractivity contribution in [1.29, 1.82) is 0 Å². The van der Waals surface area contributed by atoms with Gasteiger partial charge in [0, 0.05) is 45.4 Å². The molecule has 1 N–H and O–H groups in total. The molecule has 2 aliphatic heterocycles. The van der Waals surface area contributed by atoms with Crippen molar-refractivity contribution >= 4 is 5.91 Å². The molecule has 1 spiro atoms. The molecule has 0 saturated carbocycles. The maximum atomic E-state index is 11.3. The highest BCUT2D eigenvalue weighted by molar-refractivity contribution is 5.73. The maximum absolute atomic E-state index is 11.3. The van der Waals surface area contributed by atoms with Crippen LogP contribution in [0.4, 0.5) is 0 Å². The Morgan fingerprint density at radius 1 is 1.48 bits per heavy atom. The summed E-state index contributed by atoms with van der Waals surface area (Å²) in [6.45, 7) is 7.45. The van der Waals surface area contributed by atoms with Crippen molar-refractivity contribution in [2.75, 3.05) is 19.7 Å². The predicted molar refractivity (Wildman–Crippen MR) is 89.0 cm³/mol. The number of amides is 1. The van der Waals surface area contributed by atoms with Gasteiger partial charge in [-0.2, -0.15) is 0 Å².